The zero-order chi connectivity index (χ0) is 20.0. The molecule has 3 heterocycles. The zero-order valence-corrected chi connectivity index (χ0v) is 17.1. The van der Waals surface area contributed by atoms with Gasteiger partial charge in [-0.05, 0) is 38.8 Å². The number of aromatic amines is 1. The van der Waals surface area contributed by atoms with Crippen LogP contribution in [0.4, 0.5) is 0 Å². The first kappa shape index (κ1) is 18.2. The number of carbonyl (C=O) groups excluding carboxylic acids is 1. The maximum Gasteiger partial charge on any atom is 0.223 e. The first-order chi connectivity index (χ1) is 14.1. The topological polar surface area (TPSA) is 66.8 Å². The van der Waals surface area contributed by atoms with E-state index in [-0.39, 0.29) is 11.8 Å². The Bertz CT molecular complexity index is 1030. The lowest BCUT2D eigenvalue weighted by Crippen LogP contribution is -2.34. The highest BCUT2D eigenvalue weighted by Crippen LogP contribution is 2.34. The van der Waals surface area contributed by atoms with Crippen LogP contribution < -0.4 is 0 Å². The zero-order valence-electron chi connectivity index (χ0n) is 17.1. The number of rotatable bonds is 4. The van der Waals surface area contributed by atoms with Crippen molar-refractivity contribution >= 4 is 5.91 Å². The number of aromatic nitrogens is 4. The summed E-state index contributed by atoms with van der Waals surface area (Å²) in [4.78, 5) is 22.8. The summed E-state index contributed by atoms with van der Waals surface area (Å²) in [6.07, 6.45) is 7.24. The summed E-state index contributed by atoms with van der Waals surface area (Å²) < 4.78 is 1.98. The number of aryl methyl sites for hydroxylation is 1. The van der Waals surface area contributed by atoms with Crippen LogP contribution in [0.1, 0.15) is 55.2 Å². The Morgan fingerprint density at radius 3 is 2.62 bits per heavy atom. The van der Waals surface area contributed by atoms with E-state index in [1.165, 1.54) is 12.8 Å². The number of carbonyl (C=O) groups is 1. The molecule has 1 amide bonds. The number of nitrogens with one attached hydrogen (secondary N) is 1. The second kappa shape index (κ2) is 7.17. The van der Waals surface area contributed by atoms with Crippen LogP contribution in [-0.4, -0.2) is 43.1 Å². The lowest BCUT2D eigenvalue weighted by molar-refractivity contribution is -0.129. The van der Waals surface area contributed by atoms with E-state index in [2.05, 4.69) is 33.9 Å². The Morgan fingerprint density at radius 1 is 1.10 bits per heavy atom. The van der Waals surface area contributed by atoms with Crippen molar-refractivity contribution in [3.05, 3.63) is 53.7 Å². The molecule has 1 aliphatic carbocycles. The van der Waals surface area contributed by atoms with Gasteiger partial charge < -0.3 is 9.88 Å². The van der Waals surface area contributed by atoms with Gasteiger partial charge in [0.2, 0.25) is 5.91 Å². The molecule has 1 aromatic carbocycles. The predicted molar refractivity (Wildman–Crippen MR) is 112 cm³/mol. The highest BCUT2D eigenvalue weighted by Gasteiger charge is 2.37. The Morgan fingerprint density at radius 2 is 1.86 bits per heavy atom. The summed E-state index contributed by atoms with van der Waals surface area (Å²) in [6, 6.07) is 10.6. The lowest BCUT2D eigenvalue weighted by Gasteiger charge is -2.23. The van der Waals surface area contributed by atoms with Gasteiger partial charge in [-0.25, -0.2) is 9.67 Å². The number of amides is 1. The van der Waals surface area contributed by atoms with Crippen LogP contribution in [0.5, 0.6) is 0 Å². The normalized spacial score (nSPS) is 20.1. The molecule has 2 aliphatic rings. The van der Waals surface area contributed by atoms with E-state index in [1.807, 2.05) is 36.0 Å². The van der Waals surface area contributed by atoms with E-state index >= 15 is 0 Å². The molecule has 2 aromatic heterocycles. The fourth-order valence-electron chi connectivity index (χ4n) is 5.01. The van der Waals surface area contributed by atoms with Crippen molar-refractivity contribution in [2.45, 2.75) is 57.9 Å². The van der Waals surface area contributed by atoms with Crippen LogP contribution in [0, 0.1) is 13.8 Å². The third-order valence-corrected chi connectivity index (χ3v) is 6.47. The van der Waals surface area contributed by atoms with Crippen LogP contribution in [-0.2, 0) is 4.79 Å². The molecule has 6 nitrogen and oxygen atoms in total. The maximum absolute atomic E-state index is 12.6. The first-order valence-corrected chi connectivity index (χ1v) is 10.6. The molecule has 3 aromatic rings. The van der Waals surface area contributed by atoms with Gasteiger partial charge >= 0.3 is 0 Å². The van der Waals surface area contributed by atoms with Crippen LogP contribution in [0.2, 0.25) is 0 Å². The van der Waals surface area contributed by atoms with Crippen LogP contribution in [0.25, 0.3) is 16.9 Å². The Balaban J connectivity index is 1.41. The number of likely N-dealkylation sites (tertiary alicyclic amines) is 1. The smallest absolute Gasteiger partial charge is 0.223 e. The number of benzene rings is 1. The first-order valence-electron chi connectivity index (χ1n) is 10.6. The van der Waals surface area contributed by atoms with Crippen molar-refractivity contribution in [3.8, 4) is 16.9 Å². The molecule has 2 fully saturated rings. The van der Waals surface area contributed by atoms with Crippen molar-refractivity contribution < 1.29 is 4.79 Å². The van der Waals surface area contributed by atoms with Gasteiger partial charge in [-0.15, -0.1) is 0 Å². The molecule has 29 heavy (non-hydrogen) atoms. The van der Waals surface area contributed by atoms with E-state index in [0.29, 0.717) is 12.5 Å². The molecule has 5 rings (SSSR count). The number of nitrogens with zero attached hydrogens (tertiary/aromatic N) is 4. The van der Waals surface area contributed by atoms with Gasteiger partial charge in [0, 0.05) is 30.5 Å². The molecule has 1 atom stereocenters. The fraction of sp³-hybridized carbons (Fsp3) is 0.435. The molecule has 150 valence electrons. The summed E-state index contributed by atoms with van der Waals surface area (Å²) in [6.45, 7) is 4.91. The van der Waals surface area contributed by atoms with Gasteiger partial charge in [-0.2, -0.15) is 5.10 Å². The van der Waals surface area contributed by atoms with E-state index in [9.17, 15) is 4.79 Å². The van der Waals surface area contributed by atoms with E-state index in [4.69, 9.17) is 5.10 Å². The standard InChI is InChI=1S/C23H27N5O/c1-15-22(16(2)28(26-15)19-10-4-3-5-11-19)20-13-24-23(25-20)17-12-21(29)27(14-17)18-8-6-7-9-18/h3-5,10-11,13,17-18H,6-9,12,14H2,1-2H3,(H,24,25)/t17-/m0/s1. The minimum atomic E-state index is 0.154. The third kappa shape index (κ3) is 3.16. The van der Waals surface area contributed by atoms with Gasteiger partial charge in [0.1, 0.15) is 5.82 Å². The van der Waals surface area contributed by atoms with Crippen molar-refractivity contribution in [2.75, 3.05) is 6.54 Å². The number of hydrogen-bond acceptors (Lipinski definition) is 3. The highest BCUT2D eigenvalue weighted by molar-refractivity contribution is 5.80. The average molecular weight is 390 g/mol. The number of H-pyrrole nitrogens is 1. The minimum Gasteiger partial charge on any atom is -0.342 e. The second-order valence-electron chi connectivity index (χ2n) is 8.36. The fourth-order valence-corrected chi connectivity index (χ4v) is 5.01. The quantitative estimate of drug-likeness (QED) is 0.729. The molecule has 0 bridgehead atoms. The molecule has 6 heteroatoms. The van der Waals surface area contributed by atoms with Crippen molar-refractivity contribution in [2.24, 2.45) is 0 Å². The third-order valence-electron chi connectivity index (χ3n) is 6.47. The van der Waals surface area contributed by atoms with Crippen LogP contribution >= 0.6 is 0 Å². The van der Waals surface area contributed by atoms with Crippen LogP contribution in [0.3, 0.4) is 0 Å². The highest BCUT2D eigenvalue weighted by atomic mass is 16.2. The maximum atomic E-state index is 12.6. The Labute approximate surface area is 171 Å². The van der Waals surface area contributed by atoms with Crippen LogP contribution in [0.15, 0.2) is 36.5 Å². The average Bonchev–Trinajstić information content (AvgIpc) is 3.49. The molecule has 0 spiro atoms. The summed E-state index contributed by atoms with van der Waals surface area (Å²) in [5.41, 5.74) is 5.16. The molecule has 1 saturated carbocycles. The minimum absolute atomic E-state index is 0.154. The number of imidazole rings is 1. The molecule has 1 N–H and O–H groups in total. The van der Waals surface area contributed by atoms with Gasteiger partial charge in [-0.1, -0.05) is 31.0 Å². The van der Waals surface area contributed by atoms with Crippen molar-refractivity contribution in [3.63, 3.8) is 0 Å². The van der Waals surface area contributed by atoms with Crippen molar-refractivity contribution in [1.82, 2.24) is 24.6 Å². The number of hydrogen-bond donors (Lipinski definition) is 1. The summed E-state index contributed by atoms with van der Waals surface area (Å²) in [5.74, 6) is 1.35. The molecule has 0 unspecified atom stereocenters. The number of para-hydroxylation sites is 1. The Hall–Kier alpha value is -2.89. The van der Waals surface area contributed by atoms with Gasteiger partial charge in [0.15, 0.2) is 0 Å². The molecule has 1 aliphatic heterocycles. The van der Waals surface area contributed by atoms with Gasteiger partial charge in [0.25, 0.3) is 0 Å². The predicted octanol–water partition coefficient (Wildman–Crippen LogP) is 4.14. The largest absolute Gasteiger partial charge is 0.342 e. The van der Waals surface area contributed by atoms with Gasteiger partial charge in [-0.3, -0.25) is 4.79 Å². The lowest BCUT2D eigenvalue weighted by atomic mass is 10.1. The molecular weight excluding hydrogens is 362 g/mol. The van der Waals surface area contributed by atoms with E-state index in [1.54, 1.807) is 0 Å². The van der Waals surface area contributed by atoms with Gasteiger partial charge in [0.05, 0.1) is 29.0 Å². The van der Waals surface area contributed by atoms with Crippen molar-refractivity contribution in [1.29, 1.82) is 0 Å². The van der Waals surface area contributed by atoms with E-state index < -0.39 is 0 Å². The summed E-state index contributed by atoms with van der Waals surface area (Å²) >= 11 is 0. The monoisotopic (exact) mass is 389 g/mol. The Kier molecular flexibility index (Phi) is 4.49. The summed E-state index contributed by atoms with van der Waals surface area (Å²) in [7, 11) is 0. The molecule has 1 saturated heterocycles. The second-order valence-corrected chi connectivity index (χ2v) is 8.36. The molecular formula is C23H27N5O. The summed E-state index contributed by atoms with van der Waals surface area (Å²) in [5, 5.41) is 4.75. The van der Waals surface area contributed by atoms with E-state index in [0.717, 1.165) is 53.5 Å². The SMILES string of the molecule is Cc1nn(-c2ccccc2)c(C)c1-c1cnc([C@H]2CC(=O)N(C3CCCC3)C2)[nH]1. The molecule has 0 radical (unpaired) electrons.